The first-order valence-electron chi connectivity index (χ1n) is 6.91. The van der Waals surface area contributed by atoms with E-state index in [1.807, 2.05) is 13.8 Å². The number of piperidine rings is 1. The van der Waals surface area contributed by atoms with E-state index in [0.717, 1.165) is 12.8 Å². The minimum absolute atomic E-state index is 0.110. The number of hydrogen-bond acceptors (Lipinski definition) is 3. The van der Waals surface area contributed by atoms with Crippen molar-refractivity contribution in [3.8, 4) is 0 Å². The van der Waals surface area contributed by atoms with Crippen LogP contribution >= 0.6 is 0 Å². The maximum Gasteiger partial charge on any atom is 0.326 e. The van der Waals surface area contributed by atoms with Crippen molar-refractivity contribution in [1.82, 2.24) is 14.7 Å². The Balaban J connectivity index is 2.04. The molecule has 0 bridgehead atoms. The average Bonchev–Trinajstić information content (AvgIpc) is 2.86. The number of rotatable bonds is 4. The van der Waals surface area contributed by atoms with Crippen LogP contribution in [0.5, 0.6) is 0 Å². The van der Waals surface area contributed by atoms with Gasteiger partial charge in [-0.2, -0.15) is 5.10 Å². The number of likely N-dealkylation sites (tertiary alicyclic amines) is 1. The molecule has 1 amide bonds. The van der Waals surface area contributed by atoms with Crippen LogP contribution in [0.1, 0.15) is 33.1 Å². The van der Waals surface area contributed by atoms with E-state index in [9.17, 15) is 14.7 Å². The number of nitrogens with zero attached hydrogens (tertiary/aromatic N) is 3. The first kappa shape index (κ1) is 14.6. The first-order valence-corrected chi connectivity index (χ1v) is 6.91. The molecule has 0 aromatic carbocycles. The molecule has 1 aliphatic heterocycles. The van der Waals surface area contributed by atoms with E-state index < -0.39 is 12.0 Å². The van der Waals surface area contributed by atoms with Crippen molar-refractivity contribution in [2.45, 2.75) is 45.7 Å². The molecule has 1 aliphatic rings. The second kappa shape index (κ2) is 5.64. The fourth-order valence-electron chi connectivity index (χ4n) is 2.92. The number of amides is 1. The quantitative estimate of drug-likeness (QED) is 0.903. The summed E-state index contributed by atoms with van der Waals surface area (Å²) < 4.78 is 1.68. The van der Waals surface area contributed by atoms with Gasteiger partial charge in [0.1, 0.15) is 6.04 Å². The molecule has 2 heterocycles. The van der Waals surface area contributed by atoms with E-state index in [0.29, 0.717) is 13.1 Å². The molecule has 2 rings (SSSR count). The monoisotopic (exact) mass is 279 g/mol. The Labute approximate surface area is 118 Å². The summed E-state index contributed by atoms with van der Waals surface area (Å²) in [5.74, 6) is -1.03. The van der Waals surface area contributed by atoms with Gasteiger partial charge in [-0.25, -0.2) is 4.79 Å². The van der Waals surface area contributed by atoms with Crippen LogP contribution in [0, 0.1) is 5.41 Å². The molecule has 1 N–H and O–H groups in total. The standard InChI is InChI=1S/C14H21N3O3/c1-14(2)6-3-9-17(12(14)13(19)20)11(18)5-10-16-8-4-7-15-16/h4,7-8,12H,3,5-6,9-10H2,1-2H3,(H,19,20). The summed E-state index contributed by atoms with van der Waals surface area (Å²) in [6, 6.07) is 1.07. The summed E-state index contributed by atoms with van der Waals surface area (Å²) >= 11 is 0. The predicted molar refractivity (Wildman–Crippen MR) is 73.0 cm³/mol. The molecule has 1 aromatic heterocycles. The van der Waals surface area contributed by atoms with Crippen molar-refractivity contribution in [3.63, 3.8) is 0 Å². The van der Waals surface area contributed by atoms with Crippen LogP contribution in [-0.2, 0) is 16.1 Å². The Morgan fingerprint density at radius 1 is 1.45 bits per heavy atom. The lowest BCUT2D eigenvalue weighted by Gasteiger charge is -2.44. The average molecular weight is 279 g/mol. The van der Waals surface area contributed by atoms with Gasteiger partial charge in [0.15, 0.2) is 0 Å². The molecule has 6 heteroatoms. The van der Waals surface area contributed by atoms with Crippen LogP contribution in [-0.4, -0.2) is 44.3 Å². The van der Waals surface area contributed by atoms with Crippen molar-refractivity contribution < 1.29 is 14.7 Å². The minimum atomic E-state index is -0.915. The summed E-state index contributed by atoms with van der Waals surface area (Å²) in [7, 11) is 0. The predicted octanol–water partition coefficient (Wildman–Crippen LogP) is 1.38. The van der Waals surface area contributed by atoms with Gasteiger partial charge >= 0.3 is 5.97 Å². The largest absolute Gasteiger partial charge is 0.480 e. The summed E-state index contributed by atoms with van der Waals surface area (Å²) in [4.78, 5) is 25.3. The van der Waals surface area contributed by atoms with Crippen LogP contribution in [0.25, 0.3) is 0 Å². The fourth-order valence-corrected chi connectivity index (χ4v) is 2.92. The van der Waals surface area contributed by atoms with Crippen LogP contribution in [0.4, 0.5) is 0 Å². The number of carboxylic acid groups (broad SMARTS) is 1. The smallest absolute Gasteiger partial charge is 0.326 e. The van der Waals surface area contributed by atoms with Crippen LogP contribution in [0.3, 0.4) is 0 Å². The van der Waals surface area contributed by atoms with Gasteiger partial charge in [0.25, 0.3) is 0 Å². The molecule has 6 nitrogen and oxygen atoms in total. The van der Waals surface area contributed by atoms with E-state index in [-0.39, 0.29) is 17.7 Å². The lowest BCUT2D eigenvalue weighted by atomic mass is 9.76. The summed E-state index contributed by atoms with van der Waals surface area (Å²) in [5, 5.41) is 13.5. The molecule has 1 saturated heterocycles. The Hall–Kier alpha value is -1.85. The minimum Gasteiger partial charge on any atom is -0.480 e. The maximum absolute atomic E-state index is 12.3. The molecular weight excluding hydrogens is 258 g/mol. The first-order chi connectivity index (χ1) is 9.42. The van der Waals surface area contributed by atoms with Crippen molar-refractivity contribution >= 4 is 11.9 Å². The van der Waals surface area contributed by atoms with E-state index in [1.54, 1.807) is 23.1 Å². The van der Waals surface area contributed by atoms with Gasteiger partial charge in [-0.05, 0) is 24.3 Å². The molecule has 20 heavy (non-hydrogen) atoms. The number of carboxylic acids is 1. The van der Waals surface area contributed by atoms with E-state index in [1.165, 1.54) is 4.90 Å². The van der Waals surface area contributed by atoms with Gasteiger partial charge in [-0.15, -0.1) is 0 Å². The summed E-state index contributed by atoms with van der Waals surface area (Å²) in [6.07, 6.45) is 5.41. The number of hydrogen-bond donors (Lipinski definition) is 1. The normalized spacial score (nSPS) is 21.7. The topological polar surface area (TPSA) is 75.4 Å². The van der Waals surface area contributed by atoms with Crippen molar-refractivity contribution in [2.24, 2.45) is 5.41 Å². The number of carbonyl (C=O) groups excluding carboxylic acids is 1. The zero-order valence-corrected chi connectivity index (χ0v) is 12.0. The second-order valence-electron chi connectivity index (χ2n) is 5.94. The molecule has 0 saturated carbocycles. The Morgan fingerprint density at radius 3 is 2.80 bits per heavy atom. The molecular formula is C14H21N3O3. The highest BCUT2D eigenvalue weighted by Gasteiger charge is 2.44. The summed E-state index contributed by atoms with van der Waals surface area (Å²) in [6.45, 7) is 4.84. The Morgan fingerprint density at radius 2 is 2.20 bits per heavy atom. The highest BCUT2D eigenvalue weighted by molar-refractivity contribution is 5.84. The van der Waals surface area contributed by atoms with Crippen molar-refractivity contribution in [3.05, 3.63) is 18.5 Å². The van der Waals surface area contributed by atoms with Gasteiger partial charge < -0.3 is 10.0 Å². The van der Waals surface area contributed by atoms with Gasteiger partial charge in [-0.3, -0.25) is 9.48 Å². The maximum atomic E-state index is 12.3. The number of carbonyl (C=O) groups is 2. The third-order valence-electron chi connectivity index (χ3n) is 3.94. The zero-order chi connectivity index (χ0) is 14.8. The summed E-state index contributed by atoms with van der Waals surface area (Å²) in [5.41, 5.74) is -0.383. The number of aliphatic carboxylic acids is 1. The van der Waals surface area contributed by atoms with Gasteiger partial charge in [0.2, 0.25) is 5.91 Å². The van der Waals surface area contributed by atoms with Gasteiger partial charge in [0, 0.05) is 31.9 Å². The Bertz CT molecular complexity index is 482. The highest BCUT2D eigenvalue weighted by Crippen LogP contribution is 2.35. The van der Waals surface area contributed by atoms with E-state index in [2.05, 4.69) is 5.10 Å². The molecule has 1 fully saturated rings. The second-order valence-corrected chi connectivity index (χ2v) is 5.94. The third-order valence-corrected chi connectivity index (χ3v) is 3.94. The molecule has 1 unspecified atom stereocenters. The SMILES string of the molecule is CC1(C)CCCN(C(=O)CCn2cccn2)C1C(=O)O. The molecule has 0 spiro atoms. The van der Waals surface area contributed by atoms with Gasteiger partial charge in [-0.1, -0.05) is 13.8 Å². The van der Waals surface area contributed by atoms with Crippen LogP contribution < -0.4 is 0 Å². The number of aryl methyl sites for hydroxylation is 1. The fraction of sp³-hybridized carbons (Fsp3) is 0.643. The van der Waals surface area contributed by atoms with Gasteiger partial charge in [0.05, 0.1) is 0 Å². The zero-order valence-electron chi connectivity index (χ0n) is 12.0. The van der Waals surface area contributed by atoms with Crippen LogP contribution in [0.2, 0.25) is 0 Å². The van der Waals surface area contributed by atoms with E-state index in [4.69, 9.17) is 0 Å². The molecule has 110 valence electrons. The third kappa shape index (κ3) is 3.00. The molecule has 1 atom stereocenters. The van der Waals surface area contributed by atoms with Crippen molar-refractivity contribution in [1.29, 1.82) is 0 Å². The van der Waals surface area contributed by atoms with Crippen LogP contribution in [0.15, 0.2) is 18.5 Å². The molecule has 1 aromatic rings. The number of aromatic nitrogens is 2. The lowest BCUT2D eigenvalue weighted by molar-refractivity contribution is -0.159. The van der Waals surface area contributed by atoms with E-state index >= 15 is 0 Å². The van der Waals surface area contributed by atoms with Crippen molar-refractivity contribution in [2.75, 3.05) is 6.54 Å². The lowest BCUT2D eigenvalue weighted by Crippen LogP contribution is -2.56. The Kier molecular flexibility index (Phi) is 4.11. The molecule has 0 aliphatic carbocycles. The molecule has 0 radical (unpaired) electrons. The highest BCUT2D eigenvalue weighted by atomic mass is 16.4.